The summed E-state index contributed by atoms with van der Waals surface area (Å²) in [7, 11) is 0. The van der Waals surface area contributed by atoms with Crippen LogP contribution in [0.5, 0.6) is 0 Å². The van der Waals surface area contributed by atoms with Gasteiger partial charge in [-0.15, -0.1) is 0 Å². The maximum absolute atomic E-state index is 13.1. The van der Waals surface area contributed by atoms with E-state index in [1.165, 1.54) is 12.1 Å². The van der Waals surface area contributed by atoms with E-state index in [4.69, 9.17) is 4.74 Å². The fourth-order valence-corrected chi connectivity index (χ4v) is 3.55. The van der Waals surface area contributed by atoms with Gasteiger partial charge >= 0.3 is 18.2 Å². The van der Waals surface area contributed by atoms with E-state index in [1.54, 1.807) is 54.6 Å². The molecule has 0 bridgehead atoms. The van der Waals surface area contributed by atoms with Gasteiger partial charge in [-0.2, -0.15) is 13.2 Å². The first kappa shape index (κ1) is 27.3. The lowest BCUT2D eigenvalue weighted by Crippen LogP contribution is -2.53. The first-order chi connectivity index (χ1) is 17.6. The van der Waals surface area contributed by atoms with Crippen LogP contribution in [0.4, 0.5) is 18.0 Å². The molecule has 0 fully saturated rings. The van der Waals surface area contributed by atoms with E-state index in [-0.39, 0.29) is 25.0 Å². The third kappa shape index (κ3) is 8.68. The number of ether oxygens (including phenoxy) is 1. The number of carbonyl (C=O) groups is 3. The average Bonchev–Trinajstić information content (AvgIpc) is 2.87. The van der Waals surface area contributed by atoms with Crippen LogP contribution < -0.4 is 10.6 Å². The van der Waals surface area contributed by atoms with Gasteiger partial charge in [0.2, 0.25) is 5.91 Å². The van der Waals surface area contributed by atoms with Crippen molar-refractivity contribution in [2.45, 2.75) is 37.7 Å². The van der Waals surface area contributed by atoms with Crippen molar-refractivity contribution in [1.82, 2.24) is 10.6 Å². The molecule has 194 valence electrons. The van der Waals surface area contributed by atoms with Gasteiger partial charge in [0.05, 0.1) is 5.56 Å². The molecule has 0 spiro atoms. The Bertz CT molecular complexity index is 1200. The smallest absolute Gasteiger partial charge is 0.416 e. The van der Waals surface area contributed by atoms with Gasteiger partial charge in [0.1, 0.15) is 18.7 Å². The third-order valence-corrected chi connectivity index (χ3v) is 5.41. The Morgan fingerprint density at radius 3 is 1.92 bits per heavy atom. The molecular formula is C27H25F3N2O5. The molecule has 0 aliphatic carbocycles. The van der Waals surface area contributed by atoms with Gasteiger partial charge in [0, 0.05) is 12.8 Å². The van der Waals surface area contributed by atoms with Crippen LogP contribution in [-0.4, -0.2) is 35.2 Å². The molecule has 0 aromatic heterocycles. The Morgan fingerprint density at radius 2 is 1.32 bits per heavy atom. The van der Waals surface area contributed by atoms with Crippen LogP contribution in [0, 0.1) is 0 Å². The highest BCUT2D eigenvalue weighted by Crippen LogP contribution is 2.29. The van der Waals surface area contributed by atoms with Crippen LogP contribution >= 0.6 is 0 Å². The Hall–Kier alpha value is -4.34. The zero-order chi connectivity index (χ0) is 26.8. The molecule has 0 saturated carbocycles. The molecule has 0 unspecified atom stereocenters. The zero-order valence-corrected chi connectivity index (χ0v) is 19.6. The van der Waals surface area contributed by atoms with Crippen LogP contribution in [0.3, 0.4) is 0 Å². The van der Waals surface area contributed by atoms with Crippen molar-refractivity contribution in [3.05, 3.63) is 107 Å². The number of amides is 2. The Kier molecular flexibility index (Phi) is 9.26. The minimum Gasteiger partial charge on any atom is -0.480 e. The summed E-state index contributed by atoms with van der Waals surface area (Å²) in [6.45, 7) is -0.0420. The maximum Gasteiger partial charge on any atom is 0.416 e. The Labute approximate surface area is 211 Å². The van der Waals surface area contributed by atoms with Crippen molar-refractivity contribution >= 4 is 18.0 Å². The molecule has 2 amide bonds. The summed E-state index contributed by atoms with van der Waals surface area (Å²) in [5.74, 6) is -2.25. The van der Waals surface area contributed by atoms with Gasteiger partial charge < -0.3 is 20.5 Å². The van der Waals surface area contributed by atoms with Gasteiger partial charge in [-0.25, -0.2) is 9.59 Å². The Balaban J connectivity index is 1.72. The number of rotatable bonds is 10. The molecule has 3 rings (SSSR count). The second-order valence-corrected chi connectivity index (χ2v) is 8.25. The number of hydrogen-bond donors (Lipinski definition) is 3. The Morgan fingerprint density at radius 1 is 0.757 bits per heavy atom. The maximum atomic E-state index is 13.1. The van der Waals surface area contributed by atoms with Crippen molar-refractivity contribution in [3.8, 4) is 0 Å². The molecule has 0 saturated heterocycles. The van der Waals surface area contributed by atoms with Crippen molar-refractivity contribution in [2.24, 2.45) is 0 Å². The normalized spacial score (nSPS) is 12.7. The molecule has 0 aliphatic heterocycles. The highest BCUT2D eigenvalue weighted by atomic mass is 19.4. The van der Waals surface area contributed by atoms with Crippen molar-refractivity contribution in [3.63, 3.8) is 0 Å². The second-order valence-electron chi connectivity index (χ2n) is 8.25. The van der Waals surface area contributed by atoms with E-state index in [0.29, 0.717) is 5.56 Å². The quantitative estimate of drug-likeness (QED) is 0.373. The van der Waals surface area contributed by atoms with E-state index in [9.17, 15) is 32.7 Å². The molecule has 3 aromatic carbocycles. The van der Waals surface area contributed by atoms with Gasteiger partial charge in [-0.3, -0.25) is 4.79 Å². The number of nitrogens with one attached hydrogen (secondary N) is 2. The van der Waals surface area contributed by atoms with Gasteiger partial charge in [-0.05, 0) is 22.8 Å². The number of alkyl carbamates (subject to hydrolysis) is 1. The molecule has 0 radical (unpaired) electrons. The summed E-state index contributed by atoms with van der Waals surface area (Å²) in [5.41, 5.74) is 0.576. The molecule has 0 aliphatic rings. The molecule has 2 atom stereocenters. The topological polar surface area (TPSA) is 105 Å². The van der Waals surface area contributed by atoms with Crippen molar-refractivity contribution < 1.29 is 37.4 Å². The van der Waals surface area contributed by atoms with E-state index < -0.39 is 41.8 Å². The summed E-state index contributed by atoms with van der Waals surface area (Å²) in [4.78, 5) is 37.3. The summed E-state index contributed by atoms with van der Waals surface area (Å²) in [6.07, 6.45) is -5.84. The summed E-state index contributed by atoms with van der Waals surface area (Å²) >= 11 is 0. The lowest BCUT2D eigenvalue weighted by molar-refractivity contribution is -0.142. The molecule has 7 nitrogen and oxygen atoms in total. The van der Waals surface area contributed by atoms with Crippen LogP contribution in [0.1, 0.15) is 22.3 Å². The zero-order valence-electron chi connectivity index (χ0n) is 19.6. The van der Waals surface area contributed by atoms with Gasteiger partial charge in [0.25, 0.3) is 0 Å². The molecule has 0 heterocycles. The van der Waals surface area contributed by atoms with E-state index >= 15 is 0 Å². The number of carbonyl (C=O) groups excluding carboxylic acids is 2. The van der Waals surface area contributed by atoms with E-state index in [1.807, 2.05) is 6.07 Å². The fourth-order valence-electron chi connectivity index (χ4n) is 3.55. The minimum absolute atomic E-state index is 0.0308. The number of carboxylic acid groups (broad SMARTS) is 1. The highest BCUT2D eigenvalue weighted by Gasteiger charge is 2.31. The van der Waals surface area contributed by atoms with Gasteiger partial charge in [0.15, 0.2) is 0 Å². The number of carboxylic acids is 1. The number of alkyl halides is 3. The average molecular weight is 515 g/mol. The number of benzene rings is 3. The van der Waals surface area contributed by atoms with Crippen molar-refractivity contribution in [1.29, 1.82) is 0 Å². The SMILES string of the molecule is O=C(N[C@@H](Cc1ccccc1)C(=O)N[C@@H](Cc1cccc(C(F)(F)F)c1)C(=O)O)OCc1ccccc1. The van der Waals surface area contributed by atoms with E-state index in [2.05, 4.69) is 10.6 Å². The van der Waals surface area contributed by atoms with E-state index in [0.717, 1.165) is 17.7 Å². The molecule has 3 aromatic rings. The summed E-state index contributed by atoms with van der Waals surface area (Å²) in [6, 6.07) is 19.1. The van der Waals surface area contributed by atoms with Gasteiger partial charge in [-0.1, -0.05) is 78.9 Å². The highest BCUT2D eigenvalue weighted by molar-refractivity contribution is 5.89. The lowest BCUT2D eigenvalue weighted by atomic mass is 10.0. The monoisotopic (exact) mass is 514 g/mol. The van der Waals surface area contributed by atoms with Crippen LogP contribution in [-0.2, 0) is 40.0 Å². The van der Waals surface area contributed by atoms with Crippen LogP contribution in [0.15, 0.2) is 84.9 Å². The summed E-state index contributed by atoms with van der Waals surface area (Å²) < 4.78 is 44.3. The molecular weight excluding hydrogens is 489 g/mol. The first-order valence-corrected chi connectivity index (χ1v) is 11.3. The number of halogens is 3. The molecule has 10 heteroatoms. The number of aliphatic carboxylic acids is 1. The minimum atomic E-state index is -4.59. The predicted molar refractivity (Wildman–Crippen MR) is 128 cm³/mol. The third-order valence-electron chi connectivity index (χ3n) is 5.41. The summed E-state index contributed by atoms with van der Waals surface area (Å²) in [5, 5.41) is 14.4. The van der Waals surface area contributed by atoms with Crippen LogP contribution in [0.2, 0.25) is 0 Å². The predicted octanol–water partition coefficient (Wildman–Crippen LogP) is 4.36. The standard InChI is InChI=1S/C27H25F3N2O5/c28-27(29,30)21-13-7-12-20(14-21)16-23(25(34)35)31-24(33)22(15-18-8-3-1-4-9-18)32-26(36)37-17-19-10-5-2-6-11-19/h1-14,22-23H,15-17H2,(H,31,33)(H,32,36)(H,34,35)/t22-,23-/m0/s1. The number of hydrogen-bond acceptors (Lipinski definition) is 4. The van der Waals surface area contributed by atoms with Crippen molar-refractivity contribution in [2.75, 3.05) is 0 Å². The fraction of sp³-hybridized carbons (Fsp3) is 0.222. The lowest BCUT2D eigenvalue weighted by Gasteiger charge is -2.22. The largest absolute Gasteiger partial charge is 0.480 e. The first-order valence-electron chi connectivity index (χ1n) is 11.3. The second kappa shape index (κ2) is 12.6. The molecule has 37 heavy (non-hydrogen) atoms. The van der Waals surface area contributed by atoms with Crippen LogP contribution in [0.25, 0.3) is 0 Å². The molecule has 3 N–H and O–H groups in total.